The van der Waals surface area contributed by atoms with E-state index in [-0.39, 0.29) is 12.0 Å². The standard InChI is InChI=1S/C19H27NO5S/c1-5-12-11(4)26-17(15(12)19(24)25-10(2)3)20-16(21)13-8-6-7-9-14(13)18(22)23/h10,13-14H,5-9H2,1-4H3,(H,20,21)(H,22,23)/p-1/t13-,14-/m1/s1. The van der Waals surface area contributed by atoms with E-state index < -0.39 is 23.8 Å². The average molecular weight is 380 g/mol. The number of esters is 1. The second-order valence-corrected chi connectivity index (χ2v) is 8.18. The van der Waals surface area contributed by atoms with Crippen LogP contribution in [0.4, 0.5) is 5.00 Å². The molecular weight excluding hydrogens is 354 g/mol. The van der Waals surface area contributed by atoms with Gasteiger partial charge in [0.2, 0.25) is 5.91 Å². The normalized spacial score (nSPS) is 20.0. The lowest BCUT2D eigenvalue weighted by molar-refractivity contribution is -0.313. The van der Waals surface area contributed by atoms with Gasteiger partial charge in [-0.05, 0) is 45.6 Å². The first-order valence-electron chi connectivity index (χ1n) is 9.11. The summed E-state index contributed by atoms with van der Waals surface area (Å²) in [4.78, 5) is 37.6. The first-order chi connectivity index (χ1) is 12.3. The average Bonchev–Trinajstić information content (AvgIpc) is 2.89. The summed E-state index contributed by atoms with van der Waals surface area (Å²) in [6.45, 7) is 7.39. The second-order valence-electron chi connectivity index (χ2n) is 6.95. The molecule has 2 rings (SSSR count). The third kappa shape index (κ3) is 4.44. The smallest absolute Gasteiger partial charge is 0.341 e. The molecule has 26 heavy (non-hydrogen) atoms. The zero-order valence-corrected chi connectivity index (χ0v) is 16.5. The molecule has 0 radical (unpaired) electrons. The monoisotopic (exact) mass is 380 g/mol. The van der Waals surface area contributed by atoms with E-state index >= 15 is 0 Å². The number of aryl methyl sites for hydroxylation is 1. The molecule has 7 heteroatoms. The van der Waals surface area contributed by atoms with Crippen molar-refractivity contribution < 1.29 is 24.2 Å². The van der Waals surface area contributed by atoms with Crippen molar-refractivity contribution in [3.8, 4) is 0 Å². The van der Waals surface area contributed by atoms with Gasteiger partial charge in [0.25, 0.3) is 0 Å². The third-order valence-electron chi connectivity index (χ3n) is 4.75. The molecule has 1 aromatic rings. The molecule has 0 aliphatic heterocycles. The van der Waals surface area contributed by atoms with E-state index in [0.29, 0.717) is 29.8 Å². The van der Waals surface area contributed by atoms with E-state index in [2.05, 4.69) is 5.32 Å². The number of hydrogen-bond acceptors (Lipinski definition) is 6. The quantitative estimate of drug-likeness (QED) is 0.766. The summed E-state index contributed by atoms with van der Waals surface area (Å²) in [6.07, 6.45) is 2.94. The van der Waals surface area contributed by atoms with Crippen LogP contribution < -0.4 is 10.4 Å². The lowest BCUT2D eigenvalue weighted by Gasteiger charge is -2.31. The number of aliphatic carboxylic acids is 1. The summed E-state index contributed by atoms with van der Waals surface area (Å²) < 4.78 is 5.33. The van der Waals surface area contributed by atoms with E-state index in [1.807, 2.05) is 13.8 Å². The van der Waals surface area contributed by atoms with Crippen LogP contribution in [0.5, 0.6) is 0 Å². The van der Waals surface area contributed by atoms with E-state index in [0.717, 1.165) is 23.3 Å². The van der Waals surface area contributed by atoms with Crippen LogP contribution in [0.3, 0.4) is 0 Å². The van der Waals surface area contributed by atoms with Gasteiger partial charge in [0.1, 0.15) is 5.00 Å². The van der Waals surface area contributed by atoms with Gasteiger partial charge in [-0.15, -0.1) is 11.3 Å². The van der Waals surface area contributed by atoms with E-state index in [4.69, 9.17) is 4.74 Å². The molecule has 0 saturated heterocycles. The van der Waals surface area contributed by atoms with Gasteiger partial charge in [-0.3, -0.25) is 4.79 Å². The Hall–Kier alpha value is -1.89. The van der Waals surface area contributed by atoms with Crippen molar-refractivity contribution in [1.82, 2.24) is 0 Å². The molecule has 1 heterocycles. The molecule has 1 fully saturated rings. The Morgan fingerprint density at radius 2 is 1.85 bits per heavy atom. The molecular formula is C19H26NO5S-. The number of carbonyl (C=O) groups is 3. The molecule has 0 unspecified atom stereocenters. The van der Waals surface area contributed by atoms with Crippen LogP contribution in [0, 0.1) is 18.8 Å². The molecule has 1 N–H and O–H groups in total. The van der Waals surface area contributed by atoms with E-state index in [9.17, 15) is 19.5 Å². The van der Waals surface area contributed by atoms with Crippen molar-refractivity contribution in [2.24, 2.45) is 11.8 Å². The Morgan fingerprint density at radius 3 is 2.38 bits per heavy atom. The topological polar surface area (TPSA) is 95.5 Å². The van der Waals surface area contributed by atoms with Crippen molar-refractivity contribution in [2.45, 2.75) is 65.9 Å². The fourth-order valence-corrected chi connectivity index (χ4v) is 4.65. The Balaban J connectivity index is 2.29. The summed E-state index contributed by atoms with van der Waals surface area (Å²) in [5.41, 5.74) is 1.24. The van der Waals surface area contributed by atoms with Gasteiger partial charge in [0.05, 0.1) is 11.7 Å². The number of anilines is 1. The molecule has 1 amide bonds. The van der Waals surface area contributed by atoms with Gasteiger partial charge in [-0.25, -0.2) is 4.79 Å². The van der Waals surface area contributed by atoms with E-state index in [1.165, 1.54) is 11.3 Å². The summed E-state index contributed by atoms with van der Waals surface area (Å²) in [6, 6.07) is 0. The maximum Gasteiger partial charge on any atom is 0.341 e. The van der Waals surface area contributed by atoms with E-state index in [1.54, 1.807) is 13.8 Å². The zero-order valence-electron chi connectivity index (χ0n) is 15.7. The molecule has 0 aromatic carbocycles. The maximum absolute atomic E-state index is 12.7. The fraction of sp³-hybridized carbons (Fsp3) is 0.632. The predicted molar refractivity (Wildman–Crippen MR) is 98.1 cm³/mol. The molecule has 6 nitrogen and oxygen atoms in total. The minimum absolute atomic E-state index is 0.267. The number of carboxylic acid groups (broad SMARTS) is 1. The first-order valence-corrected chi connectivity index (χ1v) is 9.92. The zero-order chi connectivity index (χ0) is 19.4. The van der Waals surface area contributed by atoms with Crippen molar-refractivity contribution in [3.05, 3.63) is 16.0 Å². The highest BCUT2D eigenvalue weighted by molar-refractivity contribution is 7.16. The largest absolute Gasteiger partial charge is 0.550 e. The summed E-state index contributed by atoms with van der Waals surface area (Å²) in [5.74, 6) is -3.41. The molecule has 0 spiro atoms. The number of carboxylic acids is 1. The van der Waals surface area contributed by atoms with Crippen LogP contribution in [0.25, 0.3) is 0 Å². The van der Waals surface area contributed by atoms with Crippen LogP contribution in [0.1, 0.15) is 67.3 Å². The SMILES string of the molecule is CCc1c(C)sc(NC(=O)[C@@H]2CCCC[C@H]2C(=O)[O-])c1C(=O)OC(C)C. The highest BCUT2D eigenvalue weighted by Gasteiger charge is 2.33. The number of thiophene rings is 1. The molecule has 1 aliphatic carbocycles. The minimum Gasteiger partial charge on any atom is -0.550 e. The van der Waals surface area contributed by atoms with Gasteiger partial charge in [-0.2, -0.15) is 0 Å². The van der Waals surface area contributed by atoms with Crippen LogP contribution in [0.15, 0.2) is 0 Å². The van der Waals surface area contributed by atoms with Gasteiger partial charge in [0, 0.05) is 22.7 Å². The first kappa shape index (κ1) is 20.4. The molecule has 1 aromatic heterocycles. The molecule has 0 bridgehead atoms. The molecule has 144 valence electrons. The predicted octanol–water partition coefficient (Wildman–Crippen LogP) is 2.68. The summed E-state index contributed by atoms with van der Waals surface area (Å²) >= 11 is 1.33. The number of ether oxygens (including phenoxy) is 1. The summed E-state index contributed by atoms with van der Waals surface area (Å²) in [5, 5.41) is 14.6. The molecule has 2 atom stereocenters. The van der Waals surface area contributed by atoms with Crippen LogP contribution in [0.2, 0.25) is 0 Å². The molecule has 1 saturated carbocycles. The number of amides is 1. The Labute approximate surface area is 157 Å². The van der Waals surface area contributed by atoms with Crippen LogP contribution in [-0.4, -0.2) is 23.9 Å². The number of rotatable bonds is 6. The second kappa shape index (κ2) is 8.66. The third-order valence-corrected chi connectivity index (χ3v) is 5.81. The number of carbonyl (C=O) groups excluding carboxylic acids is 3. The lowest BCUT2D eigenvalue weighted by Crippen LogP contribution is -2.42. The van der Waals surface area contributed by atoms with Gasteiger partial charge in [0.15, 0.2) is 0 Å². The Bertz CT molecular complexity index is 694. The van der Waals surface area contributed by atoms with Gasteiger partial charge >= 0.3 is 5.97 Å². The van der Waals surface area contributed by atoms with Crippen molar-refractivity contribution >= 4 is 34.2 Å². The summed E-state index contributed by atoms with van der Waals surface area (Å²) in [7, 11) is 0. The highest BCUT2D eigenvalue weighted by Crippen LogP contribution is 2.36. The lowest BCUT2D eigenvalue weighted by atomic mass is 9.79. The Morgan fingerprint density at radius 1 is 1.23 bits per heavy atom. The van der Waals surface area contributed by atoms with Gasteiger partial charge in [-0.1, -0.05) is 19.8 Å². The van der Waals surface area contributed by atoms with Crippen molar-refractivity contribution in [3.63, 3.8) is 0 Å². The van der Waals surface area contributed by atoms with Crippen molar-refractivity contribution in [1.29, 1.82) is 0 Å². The van der Waals surface area contributed by atoms with Crippen LogP contribution >= 0.6 is 11.3 Å². The van der Waals surface area contributed by atoms with Crippen molar-refractivity contribution in [2.75, 3.05) is 5.32 Å². The number of nitrogens with one attached hydrogen (secondary N) is 1. The maximum atomic E-state index is 12.7. The van der Waals surface area contributed by atoms with Crippen LogP contribution in [-0.2, 0) is 20.7 Å². The number of hydrogen-bond donors (Lipinski definition) is 1. The fourth-order valence-electron chi connectivity index (χ4n) is 3.51. The van der Waals surface area contributed by atoms with Gasteiger partial charge < -0.3 is 20.0 Å². The Kier molecular flexibility index (Phi) is 6.81. The molecule has 1 aliphatic rings. The minimum atomic E-state index is -1.18. The highest BCUT2D eigenvalue weighted by atomic mass is 32.1.